The fourth-order valence-corrected chi connectivity index (χ4v) is 3.45. The summed E-state index contributed by atoms with van der Waals surface area (Å²) < 4.78 is 10.3. The molecule has 0 aromatic heterocycles. The van der Waals surface area contributed by atoms with Crippen LogP contribution in [0.15, 0.2) is 24.3 Å². The number of carbonyl (C=O) groups is 2. The SMILES string of the molecule is COCC(=O)N1CCN(c2ccc(N3C[C@H](CNC(C)=S)OC3=O)cc2)CC1. The number of thiocarbonyl (C=S) groups is 1. The van der Waals surface area contributed by atoms with E-state index in [1.165, 1.54) is 7.11 Å². The highest BCUT2D eigenvalue weighted by molar-refractivity contribution is 7.80. The summed E-state index contributed by atoms with van der Waals surface area (Å²) in [5.74, 6) is 0.0259. The lowest BCUT2D eigenvalue weighted by molar-refractivity contribution is -0.135. The topological polar surface area (TPSA) is 74.3 Å². The molecule has 2 amide bonds. The van der Waals surface area contributed by atoms with Crippen LogP contribution in [0, 0.1) is 0 Å². The van der Waals surface area contributed by atoms with Crippen LogP contribution >= 0.6 is 12.2 Å². The molecule has 1 aromatic carbocycles. The van der Waals surface area contributed by atoms with Crippen molar-refractivity contribution in [1.82, 2.24) is 10.2 Å². The van der Waals surface area contributed by atoms with Crippen LogP contribution in [0.4, 0.5) is 16.2 Å². The molecule has 1 atom stereocenters. The summed E-state index contributed by atoms with van der Waals surface area (Å²) in [6.07, 6.45) is -0.561. The number of nitrogens with one attached hydrogen (secondary N) is 1. The average Bonchev–Trinajstić information content (AvgIpc) is 3.07. The maximum atomic E-state index is 12.2. The van der Waals surface area contributed by atoms with Crippen molar-refractivity contribution in [1.29, 1.82) is 0 Å². The van der Waals surface area contributed by atoms with Gasteiger partial charge >= 0.3 is 6.09 Å². The van der Waals surface area contributed by atoms with E-state index in [-0.39, 0.29) is 24.7 Å². The van der Waals surface area contributed by atoms with Gasteiger partial charge < -0.3 is 24.6 Å². The van der Waals surface area contributed by atoms with Crippen LogP contribution in [-0.2, 0) is 14.3 Å². The molecule has 0 unspecified atom stereocenters. The van der Waals surface area contributed by atoms with Crippen LogP contribution < -0.4 is 15.1 Å². The van der Waals surface area contributed by atoms with E-state index in [9.17, 15) is 9.59 Å². The predicted octanol–water partition coefficient (Wildman–Crippen LogP) is 1.24. The van der Waals surface area contributed by atoms with Gasteiger partial charge in [-0.2, -0.15) is 0 Å². The number of amides is 2. The normalized spacial score (nSPS) is 19.6. The third kappa shape index (κ3) is 4.90. The second kappa shape index (κ2) is 9.20. The first-order valence-electron chi connectivity index (χ1n) is 9.32. The largest absolute Gasteiger partial charge is 0.442 e. The van der Waals surface area contributed by atoms with Gasteiger partial charge in [-0.15, -0.1) is 0 Å². The predicted molar refractivity (Wildman–Crippen MR) is 111 cm³/mol. The summed E-state index contributed by atoms with van der Waals surface area (Å²) in [4.78, 5) is 30.4. The second-order valence-electron chi connectivity index (χ2n) is 6.87. The molecule has 2 fully saturated rings. The van der Waals surface area contributed by atoms with Gasteiger partial charge in [0.05, 0.1) is 18.1 Å². The van der Waals surface area contributed by atoms with Gasteiger partial charge in [0.2, 0.25) is 5.91 Å². The molecular formula is C19H26N4O4S. The second-order valence-corrected chi connectivity index (χ2v) is 7.48. The summed E-state index contributed by atoms with van der Waals surface area (Å²) in [5, 5.41) is 3.04. The molecule has 0 saturated carbocycles. The summed E-state index contributed by atoms with van der Waals surface area (Å²) in [7, 11) is 1.53. The number of anilines is 2. The van der Waals surface area contributed by atoms with E-state index in [0.717, 1.165) is 24.5 Å². The molecule has 9 heteroatoms. The molecule has 1 aromatic rings. The van der Waals surface area contributed by atoms with Crippen molar-refractivity contribution in [2.45, 2.75) is 13.0 Å². The lowest BCUT2D eigenvalue weighted by atomic mass is 10.2. The van der Waals surface area contributed by atoms with E-state index < -0.39 is 0 Å². The number of carbonyl (C=O) groups excluding carboxylic acids is 2. The van der Waals surface area contributed by atoms with E-state index >= 15 is 0 Å². The lowest BCUT2D eigenvalue weighted by Crippen LogP contribution is -2.49. The Kier molecular flexibility index (Phi) is 6.69. The molecule has 2 heterocycles. The van der Waals surface area contributed by atoms with Crippen LogP contribution in [-0.4, -0.2) is 81.0 Å². The first-order valence-corrected chi connectivity index (χ1v) is 9.73. The third-order valence-corrected chi connectivity index (χ3v) is 5.02. The Morgan fingerprint density at radius 2 is 1.86 bits per heavy atom. The smallest absolute Gasteiger partial charge is 0.414 e. The number of benzene rings is 1. The van der Waals surface area contributed by atoms with Gasteiger partial charge in [-0.05, 0) is 31.2 Å². The Labute approximate surface area is 170 Å². The molecule has 152 valence electrons. The fourth-order valence-electron chi connectivity index (χ4n) is 3.37. The molecule has 0 spiro atoms. The highest BCUT2D eigenvalue weighted by Gasteiger charge is 2.32. The van der Waals surface area contributed by atoms with Crippen molar-refractivity contribution in [2.75, 3.05) is 62.8 Å². The molecular weight excluding hydrogens is 380 g/mol. The summed E-state index contributed by atoms with van der Waals surface area (Å²) in [6.45, 7) is 5.83. The number of rotatable bonds is 6. The van der Waals surface area contributed by atoms with Crippen LogP contribution in [0.3, 0.4) is 0 Å². The quantitative estimate of drug-likeness (QED) is 0.713. The first-order chi connectivity index (χ1) is 13.5. The van der Waals surface area contributed by atoms with Crippen molar-refractivity contribution in [3.63, 3.8) is 0 Å². The van der Waals surface area contributed by atoms with Gasteiger partial charge in [0.1, 0.15) is 12.7 Å². The zero-order chi connectivity index (χ0) is 20.1. The summed E-state index contributed by atoms with van der Waals surface area (Å²) in [6, 6.07) is 7.86. The van der Waals surface area contributed by atoms with Crippen molar-refractivity contribution < 1.29 is 19.1 Å². The summed E-state index contributed by atoms with van der Waals surface area (Å²) >= 11 is 5.00. The van der Waals surface area contributed by atoms with Crippen molar-refractivity contribution in [2.24, 2.45) is 0 Å². The highest BCUT2D eigenvalue weighted by Crippen LogP contribution is 2.25. The van der Waals surface area contributed by atoms with Gasteiger partial charge in [-0.3, -0.25) is 9.69 Å². The van der Waals surface area contributed by atoms with Gasteiger partial charge in [0, 0.05) is 44.7 Å². The van der Waals surface area contributed by atoms with E-state index in [4.69, 9.17) is 21.7 Å². The van der Waals surface area contributed by atoms with Crippen molar-refractivity contribution in [3.8, 4) is 0 Å². The number of cyclic esters (lactones) is 1. The summed E-state index contributed by atoms with van der Waals surface area (Å²) in [5.41, 5.74) is 1.88. The maximum Gasteiger partial charge on any atom is 0.414 e. The minimum absolute atomic E-state index is 0.0259. The van der Waals surface area contributed by atoms with E-state index in [1.807, 2.05) is 29.2 Å². The number of piperazine rings is 1. The van der Waals surface area contributed by atoms with Crippen LogP contribution in [0.1, 0.15) is 6.92 Å². The van der Waals surface area contributed by atoms with Crippen LogP contribution in [0.25, 0.3) is 0 Å². The zero-order valence-electron chi connectivity index (χ0n) is 16.2. The molecule has 2 aliphatic heterocycles. The number of hydrogen-bond acceptors (Lipinski definition) is 6. The number of methoxy groups -OCH3 is 1. The lowest BCUT2D eigenvalue weighted by Gasteiger charge is -2.36. The number of nitrogens with zero attached hydrogens (tertiary/aromatic N) is 3. The monoisotopic (exact) mass is 406 g/mol. The minimum atomic E-state index is -0.341. The third-order valence-electron chi connectivity index (χ3n) is 4.88. The molecule has 8 nitrogen and oxygen atoms in total. The molecule has 0 radical (unpaired) electrons. The van der Waals surface area contributed by atoms with Gasteiger partial charge in [0.15, 0.2) is 0 Å². The Balaban J connectivity index is 1.55. The van der Waals surface area contributed by atoms with Crippen LogP contribution in [0.2, 0.25) is 0 Å². The van der Waals surface area contributed by atoms with E-state index in [0.29, 0.717) is 31.2 Å². The Morgan fingerprint density at radius 1 is 1.21 bits per heavy atom. The fraction of sp³-hybridized carbons (Fsp3) is 0.526. The van der Waals surface area contributed by atoms with Gasteiger partial charge in [0.25, 0.3) is 0 Å². The van der Waals surface area contributed by atoms with Crippen molar-refractivity contribution in [3.05, 3.63) is 24.3 Å². The van der Waals surface area contributed by atoms with E-state index in [2.05, 4.69) is 10.2 Å². The molecule has 28 heavy (non-hydrogen) atoms. The highest BCUT2D eigenvalue weighted by atomic mass is 32.1. The zero-order valence-corrected chi connectivity index (χ0v) is 17.0. The minimum Gasteiger partial charge on any atom is -0.442 e. The van der Waals surface area contributed by atoms with Gasteiger partial charge in [-0.25, -0.2) is 4.79 Å². The molecule has 3 rings (SSSR count). The standard InChI is InChI=1S/C19H26N4O4S/c1-14(28)20-11-17-12-23(19(25)27-17)16-5-3-15(4-6-16)21-7-9-22(10-8-21)18(24)13-26-2/h3-6,17H,7-13H2,1-2H3,(H,20,28)/t17-/m0/s1. The first kappa shape index (κ1) is 20.3. The Hall–Kier alpha value is -2.39. The molecule has 0 bridgehead atoms. The molecule has 1 N–H and O–H groups in total. The average molecular weight is 407 g/mol. The molecule has 0 aliphatic carbocycles. The maximum absolute atomic E-state index is 12.2. The number of ether oxygens (including phenoxy) is 2. The van der Waals surface area contributed by atoms with Crippen LogP contribution in [0.5, 0.6) is 0 Å². The molecule has 2 aliphatic rings. The molecule has 2 saturated heterocycles. The van der Waals surface area contributed by atoms with E-state index in [1.54, 1.807) is 11.8 Å². The Morgan fingerprint density at radius 3 is 2.46 bits per heavy atom. The van der Waals surface area contributed by atoms with Crippen molar-refractivity contribution >= 4 is 40.6 Å². The van der Waals surface area contributed by atoms with Gasteiger partial charge in [-0.1, -0.05) is 12.2 Å². The Bertz CT molecular complexity index is 719. The number of hydrogen-bond donors (Lipinski definition) is 1.